The lowest BCUT2D eigenvalue weighted by Crippen LogP contribution is -2.27. The fraction of sp³-hybridized carbons (Fsp3) is 0.115. The summed E-state index contributed by atoms with van der Waals surface area (Å²) in [6.07, 6.45) is 1.66. The van der Waals surface area contributed by atoms with Crippen LogP contribution in [-0.4, -0.2) is 17.8 Å². The van der Waals surface area contributed by atoms with Crippen LogP contribution in [0.4, 0.5) is 10.5 Å². The lowest BCUT2D eigenvalue weighted by molar-refractivity contribution is -0.113. The second-order valence-corrected chi connectivity index (χ2v) is 9.01. The van der Waals surface area contributed by atoms with Crippen LogP contribution < -0.4 is 14.4 Å². The number of rotatable bonds is 7. The summed E-state index contributed by atoms with van der Waals surface area (Å²) in [6.45, 7) is 2.48. The minimum atomic E-state index is -0.375. The summed E-state index contributed by atoms with van der Waals surface area (Å²) in [5, 5.41) is 8.95. The number of benzene rings is 3. The molecule has 8 heteroatoms. The molecule has 0 saturated carbocycles. The summed E-state index contributed by atoms with van der Waals surface area (Å²) in [4.78, 5) is 26.9. The van der Waals surface area contributed by atoms with E-state index in [4.69, 9.17) is 9.47 Å². The average molecular weight is 535 g/mol. The number of halogens is 1. The topological polar surface area (TPSA) is 79.6 Å². The summed E-state index contributed by atoms with van der Waals surface area (Å²) in [5.41, 5.74) is 2.52. The molecule has 0 N–H and O–H groups in total. The number of carbonyl (C=O) groups is 2. The minimum Gasteiger partial charge on any atom is -0.490 e. The fourth-order valence-corrected chi connectivity index (χ4v) is 4.63. The summed E-state index contributed by atoms with van der Waals surface area (Å²) < 4.78 is 12.4. The van der Waals surface area contributed by atoms with Gasteiger partial charge in [-0.1, -0.05) is 52.3 Å². The molecule has 0 bridgehead atoms. The molecule has 0 radical (unpaired) electrons. The lowest BCUT2D eigenvalue weighted by atomic mass is 10.1. The van der Waals surface area contributed by atoms with Crippen LogP contribution in [0.1, 0.15) is 23.6 Å². The predicted molar refractivity (Wildman–Crippen MR) is 136 cm³/mol. The highest BCUT2D eigenvalue weighted by molar-refractivity contribution is 9.10. The van der Waals surface area contributed by atoms with Crippen molar-refractivity contribution in [3.63, 3.8) is 0 Å². The summed E-state index contributed by atoms with van der Waals surface area (Å²) in [7, 11) is 0. The molecule has 3 aromatic carbocycles. The summed E-state index contributed by atoms with van der Waals surface area (Å²) in [5.74, 6) is 0.615. The van der Waals surface area contributed by atoms with Gasteiger partial charge in [0.15, 0.2) is 11.5 Å². The standard InChI is InChI=1S/C26H19BrN2O4S/c1-2-32-22-12-19(13-24-25(30)29(26(31)34-24)20-10-4-3-5-11-20)21(27)14-23(22)33-16-18-9-7-6-8-17(18)15-28/h3-14H,2,16H2,1H3/b24-13-. The van der Waals surface area contributed by atoms with Crippen molar-refractivity contribution in [2.45, 2.75) is 13.5 Å². The van der Waals surface area contributed by atoms with E-state index in [1.54, 1.807) is 54.6 Å². The molecular weight excluding hydrogens is 516 g/mol. The van der Waals surface area contributed by atoms with Crippen LogP contribution in [-0.2, 0) is 11.4 Å². The molecule has 0 unspecified atom stereocenters. The van der Waals surface area contributed by atoms with Gasteiger partial charge in [0, 0.05) is 10.0 Å². The number of carbonyl (C=O) groups excluding carboxylic acids is 2. The molecule has 0 aromatic heterocycles. The van der Waals surface area contributed by atoms with Crippen LogP contribution in [0.15, 0.2) is 76.1 Å². The number of anilines is 1. The molecular formula is C26H19BrN2O4S. The van der Waals surface area contributed by atoms with Gasteiger partial charge in [-0.15, -0.1) is 0 Å². The normalized spacial score (nSPS) is 14.4. The maximum atomic E-state index is 12.9. The minimum absolute atomic E-state index is 0.200. The number of para-hydroxylation sites is 1. The molecule has 0 aliphatic carbocycles. The lowest BCUT2D eigenvalue weighted by Gasteiger charge is -2.15. The molecule has 1 fully saturated rings. The maximum absolute atomic E-state index is 12.9. The monoisotopic (exact) mass is 534 g/mol. The first-order chi connectivity index (χ1) is 16.5. The van der Waals surface area contributed by atoms with Gasteiger partial charge >= 0.3 is 0 Å². The number of nitrogens with zero attached hydrogens (tertiary/aromatic N) is 2. The SMILES string of the molecule is CCOc1cc(/C=C2\SC(=O)N(c3ccccc3)C2=O)c(Br)cc1OCc1ccccc1C#N. The van der Waals surface area contributed by atoms with Crippen LogP contribution >= 0.6 is 27.7 Å². The quantitative estimate of drug-likeness (QED) is 0.320. The molecule has 0 atom stereocenters. The van der Waals surface area contributed by atoms with E-state index < -0.39 is 0 Å². The van der Waals surface area contributed by atoms with E-state index in [1.807, 2.05) is 25.1 Å². The number of ether oxygens (including phenoxy) is 2. The Labute approximate surface area is 209 Å². The van der Waals surface area contributed by atoms with Gasteiger partial charge in [-0.3, -0.25) is 9.59 Å². The van der Waals surface area contributed by atoms with Crippen molar-refractivity contribution in [1.82, 2.24) is 0 Å². The maximum Gasteiger partial charge on any atom is 0.298 e. The van der Waals surface area contributed by atoms with E-state index in [0.717, 1.165) is 22.2 Å². The highest BCUT2D eigenvalue weighted by Crippen LogP contribution is 2.39. The molecule has 1 aliphatic rings. The van der Waals surface area contributed by atoms with E-state index >= 15 is 0 Å². The van der Waals surface area contributed by atoms with E-state index in [1.165, 1.54) is 0 Å². The van der Waals surface area contributed by atoms with Crippen molar-refractivity contribution in [1.29, 1.82) is 5.26 Å². The Morgan fingerprint density at radius 1 is 1.03 bits per heavy atom. The molecule has 1 saturated heterocycles. The van der Waals surface area contributed by atoms with Gasteiger partial charge in [-0.2, -0.15) is 5.26 Å². The number of imide groups is 1. The zero-order chi connectivity index (χ0) is 24.1. The Kier molecular flexibility index (Phi) is 7.36. The highest BCUT2D eigenvalue weighted by atomic mass is 79.9. The van der Waals surface area contributed by atoms with Crippen LogP contribution in [0.5, 0.6) is 11.5 Å². The second kappa shape index (κ2) is 10.6. The third-order valence-electron chi connectivity index (χ3n) is 4.98. The van der Waals surface area contributed by atoms with Crippen LogP contribution in [0.2, 0.25) is 0 Å². The first-order valence-corrected chi connectivity index (χ1v) is 12.0. The zero-order valence-electron chi connectivity index (χ0n) is 18.2. The largest absolute Gasteiger partial charge is 0.490 e. The van der Waals surface area contributed by atoms with E-state index in [9.17, 15) is 14.9 Å². The second-order valence-electron chi connectivity index (χ2n) is 7.16. The average Bonchev–Trinajstić information content (AvgIpc) is 3.13. The highest BCUT2D eigenvalue weighted by Gasteiger charge is 2.36. The number of thioether (sulfide) groups is 1. The summed E-state index contributed by atoms with van der Waals surface area (Å²) >= 11 is 4.43. The Morgan fingerprint density at radius 2 is 1.74 bits per heavy atom. The van der Waals surface area contributed by atoms with E-state index in [2.05, 4.69) is 22.0 Å². The van der Waals surface area contributed by atoms with Gasteiger partial charge < -0.3 is 9.47 Å². The van der Waals surface area contributed by atoms with Crippen molar-refractivity contribution in [2.24, 2.45) is 0 Å². The van der Waals surface area contributed by atoms with Crippen molar-refractivity contribution in [3.8, 4) is 17.6 Å². The first kappa shape index (κ1) is 23.6. The van der Waals surface area contributed by atoms with E-state index in [0.29, 0.717) is 44.3 Å². The third kappa shape index (κ3) is 5.01. The van der Waals surface area contributed by atoms with Gasteiger partial charge in [-0.25, -0.2) is 4.90 Å². The van der Waals surface area contributed by atoms with Gasteiger partial charge in [0.2, 0.25) is 0 Å². The summed E-state index contributed by atoms with van der Waals surface area (Å²) in [6, 6.07) is 21.7. The smallest absolute Gasteiger partial charge is 0.298 e. The number of nitriles is 1. The molecule has 1 aliphatic heterocycles. The number of hydrogen-bond acceptors (Lipinski definition) is 6. The van der Waals surface area contributed by atoms with Gasteiger partial charge in [0.1, 0.15) is 6.61 Å². The van der Waals surface area contributed by atoms with E-state index in [-0.39, 0.29) is 17.8 Å². The Morgan fingerprint density at radius 3 is 2.47 bits per heavy atom. The van der Waals surface area contributed by atoms with Crippen molar-refractivity contribution < 1.29 is 19.1 Å². The molecule has 6 nitrogen and oxygen atoms in total. The van der Waals surface area contributed by atoms with Crippen LogP contribution in [0.3, 0.4) is 0 Å². The molecule has 0 spiro atoms. The molecule has 170 valence electrons. The first-order valence-electron chi connectivity index (χ1n) is 10.4. The molecule has 34 heavy (non-hydrogen) atoms. The van der Waals surface area contributed by atoms with Crippen LogP contribution in [0, 0.1) is 11.3 Å². The van der Waals surface area contributed by atoms with Crippen molar-refractivity contribution >= 4 is 50.6 Å². The third-order valence-corrected chi connectivity index (χ3v) is 6.53. The molecule has 3 aromatic rings. The Hall–Kier alpha value is -3.54. The Bertz CT molecular complexity index is 1320. The zero-order valence-corrected chi connectivity index (χ0v) is 20.6. The van der Waals surface area contributed by atoms with Gasteiger partial charge in [0.05, 0.1) is 28.8 Å². The number of amides is 2. The predicted octanol–water partition coefficient (Wildman–Crippen LogP) is 6.54. The van der Waals surface area contributed by atoms with Crippen molar-refractivity contribution in [3.05, 3.63) is 92.8 Å². The molecule has 1 heterocycles. The van der Waals surface area contributed by atoms with Gasteiger partial charge in [-0.05, 0) is 60.7 Å². The molecule has 2 amide bonds. The number of hydrogen-bond donors (Lipinski definition) is 0. The molecule has 4 rings (SSSR count). The Balaban J connectivity index is 1.61. The van der Waals surface area contributed by atoms with Crippen molar-refractivity contribution in [2.75, 3.05) is 11.5 Å². The van der Waals surface area contributed by atoms with Gasteiger partial charge in [0.25, 0.3) is 11.1 Å². The fourth-order valence-electron chi connectivity index (χ4n) is 3.36. The van der Waals surface area contributed by atoms with Crippen LogP contribution in [0.25, 0.3) is 6.08 Å².